The average molecular weight is 337 g/mol. The first-order valence-corrected chi connectivity index (χ1v) is 5.92. The molecule has 0 amide bonds. The van der Waals surface area contributed by atoms with E-state index in [1.165, 1.54) is 6.07 Å². The summed E-state index contributed by atoms with van der Waals surface area (Å²) in [6, 6.07) is 2.88. The first-order chi connectivity index (χ1) is 6.97. The van der Waals surface area contributed by atoms with Crippen LogP contribution in [0.5, 0.6) is 0 Å². The van der Waals surface area contributed by atoms with Gasteiger partial charge < -0.3 is 0 Å². The summed E-state index contributed by atoms with van der Waals surface area (Å²) in [5.74, 6) is -0.182. The molecule has 0 unspecified atom stereocenters. The molecule has 0 spiro atoms. The summed E-state index contributed by atoms with van der Waals surface area (Å²) in [7, 11) is 0. The number of hydrogen-bond acceptors (Lipinski definition) is 3. The first-order valence-electron chi connectivity index (χ1n) is 4.01. The number of halogens is 2. The van der Waals surface area contributed by atoms with Crippen LogP contribution in [0.25, 0.3) is 0 Å². The van der Waals surface area contributed by atoms with Gasteiger partial charge in [-0.15, -0.1) is 0 Å². The molecule has 1 aromatic rings. The van der Waals surface area contributed by atoms with E-state index in [0.29, 0.717) is 15.6 Å². The largest absolute Gasteiger partial charge is 0.293 e. The third kappa shape index (κ3) is 2.63. The molecule has 1 aromatic carbocycles. The second-order valence-corrected chi connectivity index (χ2v) is 4.33. The van der Waals surface area contributed by atoms with Gasteiger partial charge in [0.25, 0.3) is 5.69 Å². The molecule has 4 nitrogen and oxygen atoms in total. The molecule has 0 saturated carbocycles. The predicted octanol–water partition coefficient (Wildman–Crippen LogP) is 3.24. The van der Waals surface area contributed by atoms with Crippen molar-refractivity contribution in [3.63, 3.8) is 0 Å². The number of nitro benzene ring substituents is 1. The number of rotatable bonds is 3. The monoisotopic (exact) mass is 335 g/mol. The molecule has 0 saturated heterocycles. The number of alkyl halides is 1. The number of benzene rings is 1. The quantitative estimate of drug-likeness (QED) is 0.368. The lowest BCUT2D eigenvalue weighted by Crippen LogP contribution is -2.02. The fraction of sp³-hybridized carbons (Fsp3) is 0.222. The molecule has 0 radical (unpaired) electrons. The summed E-state index contributed by atoms with van der Waals surface area (Å²) < 4.78 is 0.570. The van der Waals surface area contributed by atoms with E-state index in [1.807, 2.05) is 0 Å². The van der Waals surface area contributed by atoms with Crippen LogP contribution in [0.15, 0.2) is 16.6 Å². The maximum absolute atomic E-state index is 11.4. The highest BCUT2D eigenvalue weighted by Gasteiger charge is 2.17. The smallest absolute Gasteiger partial charge is 0.274 e. The fourth-order valence-electron chi connectivity index (χ4n) is 1.09. The summed E-state index contributed by atoms with van der Waals surface area (Å²) in [6.07, 6.45) is 0. The zero-order valence-electron chi connectivity index (χ0n) is 7.79. The van der Waals surface area contributed by atoms with Gasteiger partial charge in [-0.25, -0.2) is 0 Å². The zero-order valence-corrected chi connectivity index (χ0v) is 11.0. The van der Waals surface area contributed by atoms with Crippen molar-refractivity contribution in [3.8, 4) is 0 Å². The number of carbonyl (C=O) groups is 1. The van der Waals surface area contributed by atoms with Gasteiger partial charge in [0.2, 0.25) is 0 Å². The molecule has 0 aliphatic heterocycles. The van der Waals surface area contributed by atoms with E-state index in [4.69, 9.17) is 0 Å². The summed E-state index contributed by atoms with van der Waals surface area (Å²) in [4.78, 5) is 21.6. The molecule has 0 fully saturated rings. The lowest BCUT2D eigenvalue weighted by atomic mass is 10.1. The van der Waals surface area contributed by atoms with Crippen LogP contribution in [0.2, 0.25) is 0 Å². The minimum absolute atomic E-state index is 0.0475. The third-order valence-corrected chi connectivity index (χ3v) is 3.29. The van der Waals surface area contributed by atoms with Crippen LogP contribution in [0.1, 0.15) is 15.9 Å². The van der Waals surface area contributed by atoms with Crippen LogP contribution < -0.4 is 0 Å². The Labute approximate surface area is 103 Å². The van der Waals surface area contributed by atoms with Crippen molar-refractivity contribution in [2.24, 2.45) is 0 Å². The molecule has 0 aromatic heterocycles. The number of nitrogens with zero attached hydrogens (tertiary/aromatic N) is 1. The zero-order chi connectivity index (χ0) is 11.6. The average Bonchev–Trinajstić information content (AvgIpc) is 2.20. The van der Waals surface area contributed by atoms with Crippen molar-refractivity contribution >= 4 is 43.3 Å². The number of Topliss-reactive ketones (excluding diaryl/α,β-unsaturated/α-hetero) is 1. The van der Waals surface area contributed by atoms with Crippen LogP contribution in [0.4, 0.5) is 5.69 Å². The highest BCUT2D eigenvalue weighted by Crippen LogP contribution is 2.28. The highest BCUT2D eigenvalue weighted by atomic mass is 79.9. The van der Waals surface area contributed by atoms with Gasteiger partial charge in [-0.2, -0.15) is 0 Å². The minimum atomic E-state index is -0.495. The van der Waals surface area contributed by atoms with Crippen LogP contribution >= 0.6 is 31.9 Å². The molecule has 1 rings (SSSR count). The highest BCUT2D eigenvalue weighted by molar-refractivity contribution is 9.10. The molecular formula is C9H7Br2NO3. The summed E-state index contributed by atoms with van der Waals surface area (Å²) in [5, 5.41) is 10.9. The Morgan fingerprint density at radius 2 is 2.13 bits per heavy atom. The Balaban J connectivity index is 3.35. The maximum Gasteiger partial charge on any atom is 0.274 e. The van der Waals surface area contributed by atoms with Crippen molar-refractivity contribution in [2.75, 3.05) is 5.33 Å². The molecule has 0 N–H and O–H groups in total. The van der Waals surface area contributed by atoms with Gasteiger partial charge >= 0.3 is 0 Å². The predicted molar refractivity (Wildman–Crippen MR) is 63.7 cm³/mol. The molecule has 0 aliphatic rings. The van der Waals surface area contributed by atoms with Crippen LogP contribution in [0.3, 0.4) is 0 Å². The van der Waals surface area contributed by atoms with Gasteiger partial charge in [-0.3, -0.25) is 14.9 Å². The van der Waals surface area contributed by atoms with Crippen molar-refractivity contribution in [3.05, 3.63) is 37.8 Å². The molecule has 0 heterocycles. The molecule has 0 bridgehead atoms. The van der Waals surface area contributed by atoms with E-state index in [-0.39, 0.29) is 16.8 Å². The van der Waals surface area contributed by atoms with Crippen molar-refractivity contribution < 1.29 is 9.72 Å². The van der Waals surface area contributed by atoms with Crippen LogP contribution in [0, 0.1) is 17.0 Å². The Kier molecular flexibility index (Phi) is 3.98. The van der Waals surface area contributed by atoms with E-state index >= 15 is 0 Å². The Morgan fingerprint density at radius 1 is 1.53 bits per heavy atom. The SMILES string of the molecule is Cc1c(Br)cc(C(=O)CBr)cc1[N+](=O)[O-]. The maximum atomic E-state index is 11.4. The van der Waals surface area contributed by atoms with Crippen LogP contribution in [-0.2, 0) is 0 Å². The second-order valence-electron chi connectivity index (χ2n) is 2.92. The normalized spacial score (nSPS) is 10.1. The van der Waals surface area contributed by atoms with Crippen molar-refractivity contribution in [1.82, 2.24) is 0 Å². The topological polar surface area (TPSA) is 60.2 Å². The number of ketones is 1. The van der Waals surface area contributed by atoms with E-state index < -0.39 is 4.92 Å². The molecule has 80 valence electrons. The van der Waals surface area contributed by atoms with Crippen molar-refractivity contribution in [1.29, 1.82) is 0 Å². The summed E-state index contributed by atoms with van der Waals surface area (Å²) in [6.45, 7) is 1.63. The lowest BCUT2D eigenvalue weighted by Gasteiger charge is -2.03. The first kappa shape index (κ1) is 12.3. The number of hydrogen-bond donors (Lipinski definition) is 0. The molecule has 15 heavy (non-hydrogen) atoms. The lowest BCUT2D eigenvalue weighted by molar-refractivity contribution is -0.385. The van der Waals surface area contributed by atoms with Crippen LogP contribution in [-0.4, -0.2) is 16.0 Å². The molecule has 0 atom stereocenters. The number of carbonyl (C=O) groups excluding carboxylic acids is 1. The van der Waals surface area contributed by atoms with Crippen molar-refractivity contribution in [2.45, 2.75) is 6.92 Å². The minimum Gasteiger partial charge on any atom is -0.293 e. The Morgan fingerprint density at radius 3 is 2.60 bits per heavy atom. The van der Waals surface area contributed by atoms with E-state index in [1.54, 1.807) is 13.0 Å². The number of nitro groups is 1. The van der Waals surface area contributed by atoms with E-state index in [0.717, 1.165) is 0 Å². The van der Waals surface area contributed by atoms with Gasteiger partial charge in [0.15, 0.2) is 5.78 Å². The molecule has 6 heteroatoms. The van der Waals surface area contributed by atoms with Gasteiger partial charge in [0, 0.05) is 21.7 Å². The van der Waals surface area contributed by atoms with Gasteiger partial charge in [0.1, 0.15) is 0 Å². The standard InChI is InChI=1S/C9H7Br2NO3/c1-5-7(11)2-6(9(13)4-10)3-8(5)12(14)15/h2-3H,4H2,1H3. The fourth-order valence-corrected chi connectivity index (χ4v) is 1.87. The summed E-state index contributed by atoms with van der Waals surface area (Å²) in [5.41, 5.74) is 0.802. The van der Waals surface area contributed by atoms with E-state index in [2.05, 4.69) is 31.9 Å². The summed E-state index contributed by atoms with van der Waals surface area (Å²) >= 11 is 6.21. The van der Waals surface area contributed by atoms with Gasteiger partial charge in [0.05, 0.1) is 10.3 Å². The van der Waals surface area contributed by atoms with E-state index in [9.17, 15) is 14.9 Å². The second kappa shape index (κ2) is 4.85. The third-order valence-electron chi connectivity index (χ3n) is 1.96. The Bertz CT molecular complexity index is 432. The molecule has 0 aliphatic carbocycles. The van der Waals surface area contributed by atoms with Gasteiger partial charge in [-0.1, -0.05) is 31.9 Å². The Hall–Kier alpha value is -0.750. The van der Waals surface area contributed by atoms with Gasteiger partial charge in [-0.05, 0) is 13.0 Å². The molecular weight excluding hydrogens is 330 g/mol.